The molecule has 110 valence electrons. The lowest BCUT2D eigenvalue weighted by atomic mass is 9.89. The molecule has 0 spiro atoms. The van der Waals surface area contributed by atoms with Crippen LogP contribution in [0.25, 0.3) is 0 Å². The average molecular weight is 258 g/mol. The molecule has 3 N–H and O–H groups in total. The molecule has 3 heteroatoms. The third kappa shape index (κ3) is 11.0. The van der Waals surface area contributed by atoms with Crippen molar-refractivity contribution in [1.82, 2.24) is 5.32 Å². The SMILES string of the molecule is COCCC(C)(C)CNCC(C)CCCC(C)N. The Morgan fingerprint density at radius 1 is 1.22 bits per heavy atom. The van der Waals surface area contributed by atoms with Crippen molar-refractivity contribution in [2.45, 2.75) is 59.4 Å². The molecule has 0 aromatic heterocycles. The molecule has 0 radical (unpaired) electrons. The van der Waals surface area contributed by atoms with Crippen molar-refractivity contribution in [3.8, 4) is 0 Å². The predicted octanol–water partition coefficient (Wildman–Crippen LogP) is 2.79. The summed E-state index contributed by atoms with van der Waals surface area (Å²) in [6.07, 6.45) is 4.76. The molecule has 0 heterocycles. The zero-order valence-corrected chi connectivity index (χ0v) is 13.1. The van der Waals surface area contributed by atoms with Gasteiger partial charge in [-0.15, -0.1) is 0 Å². The van der Waals surface area contributed by atoms with Crippen LogP contribution in [0.3, 0.4) is 0 Å². The summed E-state index contributed by atoms with van der Waals surface area (Å²) < 4.78 is 5.14. The minimum atomic E-state index is 0.321. The lowest BCUT2D eigenvalue weighted by molar-refractivity contribution is 0.150. The molecule has 3 nitrogen and oxygen atoms in total. The molecule has 0 aromatic carbocycles. The van der Waals surface area contributed by atoms with Crippen molar-refractivity contribution in [3.05, 3.63) is 0 Å². The van der Waals surface area contributed by atoms with E-state index >= 15 is 0 Å². The van der Waals surface area contributed by atoms with E-state index in [0.717, 1.165) is 38.5 Å². The van der Waals surface area contributed by atoms with Gasteiger partial charge in [0.25, 0.3) is 0 Å². The van der Waals surface area contributed by atoms with Crippen molar-refractivity contribution in [3.63, 3.8) is 0 Å². The third-order valence-corrected chi connectivity index (χ3v) is 3.44. The summed E-state index contributed by atoms with van der Waals surface area (Å²) in [4.78, 5) is 0. The first-order chi connectivity index (χ1) is 8.37. The molecule has 0 aliphatic carbocycles. The summed E-state index contributed by atoms with van der Waals surface area (Å²) in [7, 11) is 1.77. The summed E-state index contributed by atoms with van der Waals surface area (Å²) in [6, 6.07) is 0.345. The number of hydrogen-bond donors (Lipinski definition) is 2. The Kier molecular flexibility index (Phi) is 9.70. The quantitative estimate of drug-likeness (QED) is 0.599. The molecule has 0 saturated heterocycles. The fourth-order valence-corrected chi connectivity index (χ4v) is 2.01. The number of rotatable bonds is 11. The maximum atomic E-state index is 5.75. The van der Waals surface area contributed by atoms with Crippen molar-refractivity contribution in [1.29, 1.82) is 0 Å². The molecule has 2 atom stereocenters. The Hall–Kier alpha value is -0.120. The van der Waals surface area contributed by atoms with Crippen LogP contribution in [0.5, 0.6) is 0 Å². The fraction of sp³-hybridized carbons (Fsp3) is 1.00. The van der Waals surface area contributed by atoms with Gasteiger partial charge in [0.15, 0.2) is 0 Å². The normalized spacial score (nSPS) is 15.7. The molecular weight excluding hydrogens is 224 g/mol. The number of nitrogens with one attached hydrogen (secondary N) is 1. The second-order valence-electron chi connectivity index (χ2n) is 6.55. The first kappa shape index (κ1) is 17.9. The first-order valence-corrected chi connectivity index (χ1v) is 7.32. The van der Waals surface area contributed by atoms with Gasteiger partial charge >= 0.3 is 0 Å². The van der Waals surface area contributed by atoms with Gasteiger partial charge in [-0.1, -0.05) is 27.2 Å². The molecule has 0 aliphatic heterocycles. The van der Waals surface area contributed by atoms with E-state index in [-0.39, 0.29) is 0 Å². The largest absolute Gasteiger partial charge is 0.385 e. The van der Waals surface area contributed by atoms with Gasteiger partial charge in [0.2, 0.25) is 0 Å². The Labute approximate surface area is 114 Å². The minimum Gasteiger partial charge on any atom is -0.385 e. The fourth-order valence-electron chi connectivity index (χ4n) is 2.01. The van der Waals surface area contributed by atoms with Crippen LogP contribution in [0.4, 0.5) is 0 Å². The van der Waals surface area contributed by atoms with E-state index in [1.165, 1.54) is 12.8 Å². The molecule has 0 amide bonds. The van der Waals surface area contributed by atoms with Gasteiger partial charge in [-0.3, -0.25) is 0 Å². The molecule has 0 fully saturated rings. The van der Waals surface area contributed by atoms with Crippen molar-refractivity contribution < 1.29 is 4.74 Å². The molecule has 0 aliphatic rings. The lowest BCUT2D eigenvalue weighted by Crippen LogP contribution is -2.33. The zero-order chi connectivity index (χ0) is 14.0. The van der Waals surface area contributed by atoms with Gasteiger partial charge < -0.3 is 15.8 Å². The Morgan fingerprint density at radius 3 is 2.44 bits per heavy atom. The van der Waals surface area contributed by atoms with Crippen LogP contribution in [0.2, 0.25) is 0 Å². The highest BCUT2D eigenvalue weighted by Gasteiger charge is 2.17. The number of methoxy groups -OCH3 is 1. The smallest absolute Gasteiger partial charge is 0.0467 e. The van der Waals surface area contributed by atoms with E-state index in [4.69, 9.17) is 10.5 Å². The van der Waals surface area contributed by atoms with E-state index in [1.54, 1.807) is 7.11 Å². The second kappa shape index (κ2) is 9.76. The van der Waals surface area contributed by atoms with Gasteiger partial charge in [-0.25, -0.2) is 0 Å². The third-order valence-electron chi connectivity index (χ3n) is 3.44. The van der Waals surface area contributed by atoms with Crippen molar-refractivity contribution in [2.75, 3.05) is 26.8 Å². The summed E-state index contributed by atoms with van der Waals surface area (Å²) in [6.45, 7) is 12.0. The standard InChI is InChI=1S/C15H34N2O/c1-13(7-6-8-14(2)16)11-17-12-15(3,4)9-10-18-5/h13-14,17H,6-12,16H2,1-5H3. The molecule has 2 unspecified atom stereocenters. The highest BCUT2D eigenvalue weighted by molar-refractivity contribution is 4.72. The van der Waals surface area contributed by atoms with E-state index in [1.807, 2.05) is 0 Å². The summed E-state index contributed by atoms with van der Waals surface area (Å²) in [5.74, 6) is 0.738. The summed E-state index contributed by atoms with van der Waals surface area (Å²) in [5.41, 5.74) is 6.08. The van der Waals surface area contributed by atoms with Crippen LogP contribution in [0.1, 0.15) is 53.4 Å². The van der Waals surface area contributed by atoms with Gasteiger partial charge in [0.05, 0.1) is 0 Å². The zero-order valence-electron chi connectivity index (χ0n) is 13.1. The predicted molar refractivity (Wildman–Crippen MR) is 79.8 cm³/mol. The number of ether oxygens (including phenoxy) is 1. The average Bonchev–Trinajstić information content (AvgIpc) is 2.25. The molecule has 0 saturated carbocycles. The van der Waals surface area contributed by atoms with Crippen LogP contribution < -0.4 is 11.1 Å². The number of nitrogens with two attached hydrogens (primary N) is 1. The van der Waals surface area contributed by atoms with Crippen LogP contribution in [0, 0.1) is 11.3 Å². The van der Waals surface area contributed by atoms with Crippen LogP contribution >= 0.6 is 0 Å². The van der Waals surface area contributed by atoms with Gasteiger partial charge in [-0.2, -0.15) is 0 Å². The minimum absolute atomic E-state index is 0.321. The van der Waals surface area contributed by atoms with Crippen molar-refractivity contribution >= 4 is 0 Å². The molecule has 0 aromatic rings. The number of hydrogen-bond acceptors (Lipinski definition) is 3. The van der Waals surface area contributed by atoms with Crippen LogP contribution in [0.15, 0.2) is 0 Å². The van der Waals surface area contributed by atoms with E-state index < -0.39 is 0 Å². The van der Waals surface area contributed by atoms with Gasteiger partial charge in [0.1, 0.15) is 0 Å². The highest BCUT2D eigenvalue weighted by Crippen LogP contribution is 2.19. The van der Waals surface area contributed by atoms with Gasteiger partial charge in [-0.05, 0) is 44.1 Å². The summed E-state index contributed by atoms with van der Waals surface area (Å²) in [5, 5.41) is 3.59. The molecular formula is C15H34N2O. The molecule has 0 bridgehead atoms. The Balaban J connectivity index is 3.57. The first-order valence-electron chi connectivity index (χ1n) is 7.32. The monoisotopic (exact) mass is 258 g/mol. The van der Waals surface area contributed by atoms with E-state index in [0.29, 0.717) is 11.5 Å². The lowest BCUT2D eigenvalue weighted by Gasteiger charge is -2.25. The Morgan fingerprint density at radius 2 is 1.89 bits per heavy atom. The highest BCUT2D eigenvalue weighted by atomic mass is 16.5. The van der Waals surface area contributed by atoms with E-state index in [2.05, 4.69) is 33.0 Å². The maximum Gasteiger partial charge on any atom is 0.0467 e. The maximum absolute atomic E-state index is 5.75. The van der Waals surface area contributed by atoms with Crippen molar-refractivity contribution in [2.24, 2.45) is 17.1 Å². The molecule has 18 heavy (non-hydrogen) atoms. The van der Waals surface area contributed by atoms with Crippen LogP contribution in [-0.4, -0.2) is 32.8 Å². The topological polar surface area (TPSA) is 47.3 Å². The second-order valence-corrected chi connectivity index (χ2v) is 6.55. The Bertz CT molecular complexity index is 193. The summed E-state index contributed by atoms with van der Waals surface area (Å²) >= 11 is 0. The van der Waals surface area contributed by atoms with Gasteiger partial charge in [0, 0.05) is 26.3 Å². The van der Waals surface area contributed by atoms with Crippen LogP contribution in [-0.2, 0) is 4.74 Å². The van der Waals surface area contributed by atoms with E-state index in [9.17, 15) is 0 Å². The molecule has 0 rings (SSSR count).